The van der Waals surface area contributed by atoms with Gasteiger partial charge < -0.3 is 5.32 Å². The summed E-state index contributed by atoms with van der Waals surface area (Å²) in [6, 6.07) is 1.66. The Labute approximate surface area is 57.8 Å². The van der Waals surface area contributed by atoms with E-state index in [0.717, 1.165) is 12.1 Å². The summed E-state index contributed by atoms with van der Waals surface area (Å²) in [5.74, 6) is 0. The Morgan fingerprint density at radius 3 is 1.78 bits per heavy atom. The lowest BCUT2D eigenvalue weighted by atomic mass is 10.1. The van der Waals surface area contributed by atoms with E-state index in [1.165, 1.54) is 25.7 Å². The minimum absolute atomic E-state index is 0.829. The van der Waals surface area contributed by atoms with Crippen molar-refractivity contribution in [2.45, 2.75) is 51.6 Å². The van der Waals surface area contributed by atoms with Gasteiger partial charge in [0.1, 0.15) is 0 Å². The fraction of sp³-hybridized carbons (Fsp3) is 1.00. The van der Waals surface area contributed by atoms with Crippen molar-refractivity contribution in [3.05, 3.63) is 0 Å². The van der Waals surface area contributed by atoms with Crippen LogP contribution in [0.3, 0.4) is 0 Å². The zero-order valence-corrected chi connectivity index (χ0v) is 6.48. The predicted molar refractivity (Wildman–Crippen MR) is 40.5 cm³/mol. The largest absolute Gasteiger partial charge is 0.311 e. The smallest absolute Gasteiger partial charge is 0.00676 e. The van der Waals surface area contributed by atoms with E-state index in [9.17, 15) is 0 Å². The maximum Gasteiger partial charge on any atom is 0.00676 e. The summed E-state index contributed by atoms with van der Waals surface area (Å²) in [7, 11) is 0. The average molecular weight is 127 g/mol. The second-order valence-electron chi connectivity index (χ2n) is 2.95. The van der Waals surface area contributed by atoms with Crippen LogP contribution in [-0.4, -0.2) is 12.1 Å². The molecule has 1 heterocycles. The summed E-state index contributed by atoms with van der Waals surface area (Å²) in [6.07, 6.45) is 5.40. The molecular formula is C8H17N. The summed E-state index contributed by atoms with van der Waals surface area (Å²) in [4.78, 5) is 0. The van der Waals surface area contributed by atoms with Gasteiger partial charge in [0, 0.05) is 12.1 Å². The fourth-order valence-electron chi connectivity index (χ4n) is 1.55. The first kappa shape index (κ1) is 7.07. The van der Waals surface area contributed by atoms with Gasteiger partial charge in [-0.1, -0.05) is 13.8 Å². The van der Waals surface area contributed by atoms with Gasteiger partial charge in [-0.05, 0) is 25.7 Å². The third kappa shape index (κ3) is 1.68. The number of rotatable bonds is 2. The molecule has 1 N–H and O–H groups in total. The number of hydrogen-bond donors (Lipinski definition) is 1. The highest BCUT2D eigenvalue weighted by Crippen LogP contribution is 2.16. The summed E-state index contributed by atoms with van der Waals surface area (Å²) in [5.41, 5.74) is 0. The molecule has 1 heteroatoms. The van der Waals surface area contributed by atoms with E-state index in [-0.39, 0.29) is 0 Å². The molecule has 1 fully saturated rings. The summed E-state index contributed by atoms with van der Waals surface area (Å²) >= 11 is 0. The van der Waals surface area contributed by atoms with Crippen LogP contribution >= 0.6 is 0 Å². The molecule has 2 unspecified atom stereocenters. The topological polar surface area (TPSA) is 12.0 Å². The molecule has 9 heavy (non-hydrogen) atoms. The second kappa shape index (κ2) is 3.21. The Kier molecular flexibility index (Phi) is 2.52. The van der Waals surface area contributed by atoms with Crippen molar-refractivity contribution in [1.29, 1.82) is 0 Å². The van der Waals surface area contributed by atoms with Gasteiger partial charge >= 0.3 is 0 Å². The molecule has 0 amide bonds. The first-order valence-electron chi connectivity index (χ1n) is 4.12. The van der Waals surface area contributed by atoms with Crippen molar-refractivity contribution in [3.8, 4) is 0 Å². The van der Waals surface area contributed by atoms with Crippen LogP contribution in [0, 0.1) is 0 Å². The lowest BCUT2D eigenvalue weighted by Crippen LogP contribution is -2.27. The van der Waals surface area contributed by atoms with Crippen molar-refractivity contribution in [1.82, 2.24) is 5.32 Å². The Bertz CT molecular complexity index is 70.6. The van der Waals surface area contributed by atoms with E-state index in [1.54, 1.807) is 0 Å². The molecule has 0 saturated carbocycles. The average Bonchev–Trinajstić information content (AvgIpc) is 2.34. The third-order valence-electron chi connectivity index (χ3n) is 2.32. The van der Waals surface area contributed by atoms with Crippen molar-refractivity contribution in [2.75, 3.05) is 0 Å². The Morgan fingerprint density at radius 2 is 1.56 bits per heavy atom. The van der Waals surface area contributed by atoms with E-state index >= 15 is 0 Å². The van der Waals surface area contributed by atoms with Crippen LogP contribution in [-0.2, 0) is 0 Å². The summed E-state index contributed by atoms with van der Waals surface area (Å²) < 4.78 is 0. The Balaban J connectivity index is 2.20. The van der Waals surface area contributed by atoms with Crippen LogP contribution < -0.4 is 5.32 Å². The van der Waals surface area contributed by atoms with Crippen LogP contribution in [0.1, 0.15) is 39.5 Å². The molecular weight excluding hydrogens is 110 g/mol. The molecule has 0 aromatic rings. The number of hydrogen-bond acceptors (Lipinski definition) is 1. The van der Waals surface area contributed by atoms with Crippen molar-refractivity contribution >= 4 is 0 Å². The van der Waals surface area contributed by atoms with E-state index in [1.807, 2.05) is 0 Å². The van der Waals surface area contributed by atoms with Gasteiger partial charge in [-0.15, -0.1) is 0 Å². The monoisotopic (exact) mass is 127 g/mol. The highest BCUT2D eigenvalue weighted by atomic mass is 15.0. The molecule has 1 rings (SSSR count). The maximum atomic E-state index is 3.59. The predicted octanol–water partition coefficient (Wildman–Crippen LogP) is 1.93. The van der Waals surface area contributed by atoms with Gasteiger partial charge in [-0.3, -0.25) is 0 Å². The molecule has 2 atom stereocenters. The highest BCUT2D eigenvalue weighted by molar-refractivity contribution is 4.80. The summed E-state index contributed by atoms with van der Waals surface area (Å²) in [5, 5.41) is 3.59. The molecule has 1 aliphatic rings. The highest BCUT2D eigenvalue weighted by Gasteiger charge is 2.19. The quantitative estimate of drug-likeness (QED) is 0.597. The van der Waals surface area contributed by atoms with E-state index in [0.29, 0.717) is 0 Å². The minimum atomic E-state index is 0.829. The van der Waals surface area contributed by atoms with Crippen LogP contribution in [0.25, 0.3) is 0 Å². The molecule has 0 bridgehead atoms. The van der Waals surface area contributed by atoms with Gasteiger partial charge in [0.25, 0.3) is 0 Å². The van der Waals surface area contributed by atoms with E-state index in [4.69, 9.17) is 0 Å². The first-order chi connectivity index (χ1) is 4.36. The standard InChI is InChI=1S/C8H17N/c1-3-7-5-6-8(4-2)9-7/h7-9H,3-6H2,1-2H3. The first-order valence-corrected chi connectivity index (χ1v) is 4.12. The molecule has 0 radical (unpaired) electrons. The second-order valence-corrected chi connectivity index (χ2v) is 2.95. The molecule has 54 valence electrons. The summed E-state index contributed by atoms with van der Waals surface area (Å²) in [6.45, 7) is 4.52. The van der Waals surface area contributed by atoms with Crippen LogP contribution in [0.4, 0.5) is 0 Å². The SMILES string of the molecule is CCC1CCC(CC)N1. The molecule has 0 aliphatic carbocycles. The zero-order chi connectivity index (χ0) is 6.69. The Morgan fingerprint density at radius 1 is 1.11 bits per heavy atom. The van der Waals surface area contributed by atoms with Crippen molar-refractivity contribution in [2.24, 2.45) is 0 Å². The van der Waals surface area contributed by atoms with Crippen molar-refractivity contribution < 1.29 is 0 Å². The Hall–Kier alpha value is -0.0400. The molecule has 0 spiro atoms. The van der Waals surface area contributed by atoms with Crippen LogP contribution in [0.15, 0.2) is 0 Å². The van der Waals surface area contributed by atoms with Crippen LogP contribution in [0.2, 0.25) is 0 Å². The van der Waals surface area contributed by atoms with Gasteiger partial charge in [-0.2, -0.15) is 0 Å². The molecule has 0 aromatic heterocycles. The maximum absolute atomic E-state index is 3.59. The van der Waals surface area contributed by atoms with E-state index in [2.05, 4.69) is 19.2 Å². The van der Waals surface area contributed by atoms with Gasteiger partial charge in [0.15, 0.2) is 0 Å². The fourth-order valence-corrected chi connectivity index (χ4v) is 1.55. The lowest BCUT2D eigenvalue weighted by molar-refractivity contribution is 0.517. The van der Waals surface area contributed by atoms with Gasteiger partial charge in [0.2, 0.25) is 0 Å². The molecule has 1 saturated heterocycles. The minimum Gasteiger partial charge on any atom is -0.311 e. The zero-order valence-electron chi connectivity index (χ0n) is 6.48. The molecule has 1 nitrogen and oxygen atoms in total. The third-order valence-corrected chi connectivity index (χ3v) is 2.32. The van der Waals surface area contributed by atoms with Crippen LogP contribution in [0.5, 0.6) is 0 Å². The van der Waals surface area contributed by atoms with Gasteiger partial charge in [-0.25, -0.2) is 0 Å². The lowest BCUT2D eigenvalue weighted by Gasteiger charge is -2.09. The van der Waals surface area contributed by atoms with Crippen molar-refractivity contribution in [3.63, 3.8) is 0 Å². The molecule has 0 aromatic carbocycles. The van der Waals surface area contributed by atoms with E-state index < -0.39 is 0 Å². The molecule has 1 aliphatic heterocycles. The normalized spacial score (nSPS) is 35.3. The number of nitrogens with one attached hydrogen (secondary N) is 1. The van der Waals surface area contributed by atoms with Gasteiger partial charge in [0.05, 0.1) is 0 Å².